The van der Waals surface area contributed by atoms with Crippen LogP contribution in [0.4, 0.5) is 0 Å². The predicted octanol–water partition coefficient (Wildman–Crippen LogP) is 4.54. The van der Waals surface area contributed by atoms with E-state index in [1.807, 2.05) is 6.92 Å². The molecule has 2 spiro atoms. The summed E-state index contributed by atoms with van der Waals surface area (Å²) in [6.07, 6.45) is 9.24. The highest BCUT2D eigenvalue weighted by Crippen LogP contribution is 2.76. The highest BCUT2D eigenvalue weighted by molar-refractivity contribution is 5.91. The lowest BCUT2D eigenvalue weighted by atomic mass is 9.41. The third kappa shape index (κ3) is 1.94. The third-order valence-corrected chi connectivity index (χ3v) is 9.34. The Bertz CT molecular complexity index is 816. The summed E-state index contributed by atoms with van der Waals surface area (Å²) in [6, 6.07) is 0. The minimum atomic E-state index is -0.211. The molecule has 0 bridgehead atoms. The summed E-state index contributed by atoms with van der Waals surface area (Å²) in [6.45, 7) is 9.52. The van der Waals surface area contributed by atoms with Crippen molar-refractivity contribution in [1.82, 2.24) is 0 Å². The Morgan fingerprint density at radius 2 is 1.89 bits per heavy atom. The van der Waals surface area contributed by atoms with Gasteiger partial charge in [0.1, 0.15) is 17.5 Å². The summed E-state index contributed by atoms with van der Waals surface area (Å²) >= 11 is 0. The SMILES string of the molecule is CC1=C2C(=O)O[C@H]3[C@H]4[C@@H](CC/C(C)=C/CC[C@]45CO5)[C@]34CC[C@H]([C@H]24)C(C)(C)O1. The number of allylic oxidation sites excluding steroid dienone is 3. The highest BCUT2D eigenvalue weighted by atomic mass is 16.6. The van der Waals surface area contributed by atoms with E-state index in [1.54, 1.807) is 0 Å². The maximum absolute atomic E-state index is 13.1. The molecule has 3 heterocycles. The number of carbonyl (C=O) groups excluding carboxylic acids is 1. The van der Waals surface area contributed by atoms with Gasteiger partial charge in [0.25, 0.3) is 0 Å². The lowest BCUT2D eigenvalue weighted by Gasteiger charge is -2.67. The fourth-order valence-electron chi connectivity index (χ4n) is 8.14. The van der Waals surface area contributed by atoms with Crippen molar-refractivity contribution in [2.75, 3.05) is 6.61 Å². The van der Waals surface area contributed by atoms with Crippen molar-refractivity contribution in [3.05, 3.63) is 23.0 Å². The Hall–Kier alpha value is -1.29. The fraction of sp³-hybridized carbons (Fsp3) is 0.792. The first-order valence-corrected chi connectivity index (χ1v) is 11.2. The molecule has 28 heavy (non-hydrogen) atoms. The van der Waals surface area contributed by atoms with Crippen LogP contribution in [0, 0.1) is 29.1 Å². The van der Waals surface area contributed by atoms with Crippen LogP contribution in [-0.4, -0.2) is 29.9 Å². The van der Waals surface area contributed by atoms with Gasteiger partial charge in [0.05, 0.1) is 17.8 Å². The molecule has 0 aromatic carbocycles. The van der Waals surface area contributed by atoms with Crippen molar-refractivity contribution in [1.29, 1.82) is 0 Å². The van der Waals surface area contributed by atoms with Gasteiger partial charge in [-0.25, -0.2) is 4.79 Å². The zero-order chi connectivity index (χ0) is 19.5. The number of fused-ring (bicyclic) bond motifs is 3. The van der Waals surface area contributed by atoms with Crippen LogP contribution in [0.2, 0.25) is 0 Å². The first-order valence-electron chi connectivity index (χ1n) is 11.2. The van der Waals surface area contributed by atoms with Crippen molar-refractivity contribution >= 4 is 5.97 Å². The molecule has 4 nitrogen and oxygen atoms in total. The average molecular weight is 385 g/mol. The first kappa shape index (κ1) is 17.6. The molecule has 0 N–H and O–H groups in total. The van der Waals surface area contributed by atoms with E-state index in [2.05, 4.69) is 26.8 Å². The number of carbonyl (C=O) groups is 1. The molecule has 0 aromatic heterocycles. The van der Waals surface area contributed by atoms with E-state index in [0.717, 1.165) is 50.0 Å². The molecule has 3 aliphatic carbocycles. The van der Waals surface area contributed by atoms with Crippen LogP contribution in [-0.2, 0) is 19.0 Å². The van der Waals surface area contributed by atoms with Gasteiger partial charge in [0.15, 0.2) is 0 Å². The third-order valence-electron chi connectivity index (χ3n) is 9.34. The molecule has 4 fully saturated rings. The van der Waals surface area contributed by atoms with Gasteiger partial charge in [-0.3, -0.25) is 0 Å². The molecule has 2 saturated carbocycles. The summed E-state index contributed by atoms with van der Waals surface area (Å²) in [7, 11) is 0. The lowest BCUT2D eigenvalue weighted by Crippen LogP contribution is -2.72. The number of hydrogen-bond donors (Lipinski definition) is 0. The Morgan fingerprint density at radius 3 is 2.64 bits per heavy atom. The summed E-state index contributed by atoms with van der Waals surface area (Å²) < 4.78 is 18.6. The van der Waals surface area contributed by atoms with Gasteiger partial charge in [0, 0.05) is 23.2 Å². The second-order valence-electron chi connectivity index (χ2n) is 10.9. The molecular formula is C24H32O4. The molecule has 0 aromatic rings. The minimum absolute atomic E-state index is 0.0337. The average Bonchev–Trinajstić information content (AvgIpc) is 3.22. The second kappa shape index (κ2) is 5.24. The van der Waals surface area contributed by atoms with Crippen molar-refractivity contribution in [3.8, 4) is 0 Å². The second-order valence-corrected chi connectivity index (χ2v) is 10.9. The van der Waals surface area contributed by atoms with Crippen LogP contribution >= 0.6 is 0 Å². The van der Waals surface area contributed by atoms with E-state index in [1.165, 1.54) is 12.0 Å². The van der Waals surface area contributed by atoms with E-state index in [4.69, 9.17) is 14.2 Å². The molecule has 3 aliphatic heterocycles. The predicted molar refractivity (Wildman–Crippen MR) is 104 cm³/mol. The Kier molecular flexibility index (Phi) is 3.29. The van der Waals surface area contributed by atoms with E-state index in [-0.39, 0.29) is 28.7 Å². The van der Waals surface area contributed by atoms with Crippen molar-refractivity contribution < 1.29 is 19.0 Å². The van der Waals surface area contributed by atoms with Crippen LogP contribution in [0.25, 0.3) is 0 Å². The quantitative estimate of drug-likeness (QED) is 0.349. The number of epoxide rings is 1. The lowest BCUT2D eigenvalue weighted by molar-refractivity contribution is -0.258. The molecule has 2 saturated heterocycles. The fourth-order valence-corrected chi connectivity index (χ4v) is 8.14. The van der Waals surface area contributed by atoms with Gasteiger partial charge < -0.3 is 14.2 Å². The largest absolute Gasteiger partial charge is 0.492 e. The number of esters is 1. The smallest absolute Gasteiger partial charge is 0.338 e. The van der Waals surface area contributed by atoms with E-state index < -0.39 is 0 Å². The minimum Gasteiger partial charge on any atom is -0.492 e. The van der Waals surface area contributed by atoms with E-state index >= 15 is 0 Å². The first-order chi connectivity index (χ1) is 13.3. The Balaban J connectivity index is 1.48. The van der Waals surface area contributed by atoms with Crippen molar-refractivity contribution in [2.24, 2.45) is 29.1 Å². The highest BCUT2D eigenvalue weighted by Gasteiger charge is 2.80. The number of rotatable bonds is 0. The molecular weight excluding hydrogens is 352 g/mol. The van der Waals surface area contributed by atoms with Crippen LogP contribution in [0.5, 0.6) is 0 Å². The van der Waals surface area contributed by atoms with Crippen LogP contribution < -0.4 is 0 Å². The molecule has 6 rings (SSSR count). The molecule has 4 heteroatoms. The Labute approximate surface area is 167 Å². The topological polar surface area (TPSA) is 48.1 Å². The number of ether oxygens (including phenoxy) is 3. The number of hydrogen-bond acceptors (Lipinski definition) is 4. The zero-order valence-corrected chi connectivity index (χ0v) is 17.5. The van der Waals surface area contributed by atoms with Gasteiger partial charge in [-0.2, -0.15) is 0 Å². The monoisotopic (exact) mass is 384 g/mol. The maximum Gasteiger partial charge on any atom is 0.338 e. The zero-order valence-electron chi connectivity index (χ0n) is 17.5. The molecule has 7 atom stereocenters. The van der Waals surface area contributed by atoms with E-state index in [0.29, 0.717) is 23.7 Å². The van der Waals surface area contributed by atoms with Crippen LogP contribution in [0.15, 0.2) is 23.0 Å². The molecule has 0 unspecified atom stereocenters. The molecule has 6 aliphatic rings. The van der Waals surface area contributed by atoms with Gasteiger partial charge in [0.2, 0.25) is 0 Å². The normalized spacial score (nSPS) is 52.5. The van der Waals surface area contributed by atoms with Gasteiger partial charge in [-0.1, -0.05) is 11.6 Å². The summed E-state index contributed by atoms with van der Waals surface area (Å²) in [5.74, 6) is 2.35. The van der Waals surface area contributed by atoms with E-state index in [9.17, 15) is 4.79 Å². The standard InChI is InChI=1S/C24H32O4/c1-13-6-5-10-23(12-26-23)19-16(8-7-13)24-11-9-15-18(24)17(21(25)27-20(19)24)14(2)28-22(15,3)4/h6,15-16,18-20H,5,7-12H2,1-4H3/b13-6+/t15-,16-,18-,19-,20+,23+,24+/m1/s1. The summed E-state index contributed by atoms with van der Waals surface area (Å²) in [5, 5.41) is 0. The van der Waals surface area contributed by atoms with Crippen LogP contribution in [0.3, 0.4) is 0 Å². The van der Waals surface area contributed by atoms with Crippen molar-refractivity contribution in [3.63, 3.8) is 0 Å². The molecule has 0 radical (unpaired) electrons. The van der Waals surface area contributed by atoms with Gasteiger partial charge in [-0.15, -0.1) is 0 Å². The van der Waals surface area contributed by atoms with Crippen molar-refractivity contribution in [2.45, 2.75) is 83.5 Å². The Morgan fingerprint density at radius 1 is 1.11 bits per heavy atom. The van der Waals surface area contributed by atoms with Gasteiger partial charge >= 0.3 is 5.97 Å². The summed E-state index contributed by atoms with van der Waals surface area (Å²) in [5.41, 5.74) is 2.21. The maximum atomic E-state index is 13.1. The molecule has 0 amide bonds. The summed E-state index contributed by atoms with van der Waals surface area (Å²) in [4.78, 5) is 13.1. The van der Waals surface area contributed by atoms with Gasteiger partial charge in [-0.05, 0) is 72.1 Å². The van der Waals surface area contributed by atoms with Crippen LogP contribution in [0.1, 0.15) is 66.2 Å². The molecule has 152 valence electrons.